The summed E-state index contributed by atoms with van der Waals surface area (Å²) in [5, 5.41) is 4.94. The first-order valence-corrected chi connectivity index (χ1v) is 9.41. The Morgan fingerprint density at radius 1 is 1.12 bits per heavy atom. The molecule has 1 amide bonds. The van der Waals surface area contributed by atoms with E-state index in [0.717, 1.165) is 32.6 Å². The molecule has 3 rings (SSSR count). The van der Waals surface area contributed by atoms with Gasteiger partial charge < -0.3 is 10.1 Å². The molecule has 3 aromatic rings. The molecular weight excluding hydrogens is 344 g/mol. The van der Waals surface area contributed by atoms with Crippen LogP contribution in [0.15, 0.2) is 47.5 Å². The van der Waals surface area contributed by atoms with Gasteiger partial charge in [0.1, 0.15) is 10.8 Å². The number of aryl methyl sites for hydroxylation is 3. The van der Waals surface area contributed by atoms with E-state index in [-0.39, 0.29) is 5.91 Å². The molecule has 0 bridgehead atoms. The fraction of sp³-hybridized carbons (Fsp3) is 0.238. The summed E-state index contributed by atoms with van der Waals surface area (Å²) < 4.78 is 5.31. The van der Waals surface area contributed by atoms with Crippen molar-refractivity contribution in [2.75, 3.05) is 18.2 Å². The lowest BCUT2D eigenvalue weighted by Crippen LogP contribution is -2.15. The molecule has 4 nitrogen and oxygen atoms in total. The minimum absolute atomic E-state index is 0.0787. The number of ether oxygens (including phenoxy) is 1. The van der Waals surface area contributed by atoms with Crippen LogP contribution in [-0.4, -0.2) is 23.8 Å². The van der Waals surface area contributed by atoms with E-state index in [1.54, 1.807) is 7.11 Å². The van der Waals surface area contributed by atoms with Crippen molar-refractivity contribution in [3.8, 4) is 5.75 Å². The molecule has 5 heteroatoms. The third-order valence-electron chi connectivity index (χ3n) is 4.16. The number of pyridine rings is 1. The average molecular weight is 366 g/mol. The number of hydrogen-bond acceptors (Lipinski definition) is 4. The molecule has 0 fully saturated rings. The molecule has 134 valence electrons. The number of rotatable bonds is 5. The number of thioether (sulfide) groups is 1. The molecule has 0 aliphatic rings. The van der Waals surface area contributed by atoms with Gasteiger partial charge in [0.25, 0.3) is 0 Å². The van der Waals surface area contributed by atoms with Gasteiger partial charge in [0.15, 0.2) is 0 Å². The number of fused-ring (bicyclic) bond motifs is 1. The van der Waals surface area contributed by atoms with Crippen molar-refractivity contribution >= 4 is 34.3 Å². The average Bonchev–Trinajstić information content (AvgIpc) is 2.60. The second-order valence-electron chi connectivity index (χ2n) is 6.30. The molecule has 1 heterocycles. The molecule has 1 aromatic heterocycles. The Balaban J connectivity index is 1.74. The molecule has 0 unspecified atom stereocenters. The number of nitrogens with one attached hydrogen (secondary N) is 1. The fourth-order valence-electron chi connectivity index (χ4n) is 2.82. The Morgan fingerprint density at radius 3 is 2.69 bits per heavy atom. The van der Waals surface area contributed by atoms with Crippen LogP contribution in [0.1, 0.15) is 16.7 Å². The molecule has 0 saturated heterocycles. The zero-order chi connectivity index (χ0) is 18.7. The number of anilines is 1. The van der Waals surface area contributed by atoms with Gasteiger partial charge in [-0.05, 0) is 55.7 Å². The SMILES string of the molecule is COc1ccc(C)cc1NC(=O)CSc1nc2c(C)cccc2cc1C. The second-order valence-corrected chi connectivity index (χ2v) is 7.26. The molecule has 2 aromatic carbocycles. The number of benzene rings is 2. The minimum atomic E-state index is -0.0787. The fourth-order valence-corrected chi connectivity index (χ4v) is 3.60. The number of amides is 1. The lowest BCUT2D eigenvalue weighted by molar-refractivity contribution is -0.113. The lowest BCUT2D eigenvalue weighted by Gasteiger charge is -2.12. The highest BCUT2D eigenvalue weighted by Crippen LogP contribution is 2.28. The van der Waals surface area contributed by atoms with Gasteiger partial charge in [-0.3, -0.25) is 4.79 Å². The highest BCUT2D eigenvalue weighted by atomic mass is 32.2. The van der Waals surface area contributed by atoms with Crippen LogP contribution < -0.4 is 10.1 Å². The standard InChI is InChI=1S/C21H22N2O2S/c1-13-8-9-18(25-4)17(10-13)22-19(24)12-26-21-15(3)11-16-7-5-6-14(2)20(16)23-21/h5-11H,12H2,1-4H3,(H,22,24). The molecule has 0 saturated carbocycles. The first-order chi connectivity index (χ1) is 12.5. The summed E-state index contributed by atoms with van der Waals surface area (Å²) in [6.07, 6.45) is 0. The van der Waals surface area contributed by atoms with E-state index in [4.69, 9.17) is 9.72 Å². The van der Waals surface area contributed by atoms with Crippen molar-refractivity contribution in [2.45, 2.75) is 25.8 Å². The monoisotopic (exact) mass is 366 g/mol. The summed E-state index contributed by atoms with van der Waals surface area (Å²) in [5.41, 5.74) is 4.96. The summed E-state index contributed by atoms with van der Waals surface area (Å²) in [6, 6.07) is 14.0. The predicted octanol–water partition coefficient (Wildman–Crippen LogP) is 4.90. The molecule has 0 radical (unpaired) electrons. The Bertz CT molecular complexity index is 970. The van der Waals surface area contributed by atoms with Crippen molar-refractivity contribution in [1.29, 1.82) is 0 Å². The van der Waals surface area contributed by atoms with Crippen molar-refractivity contribution in [3.63, 3.8) is 0 Å². The Labute approximate surface area is 158 Å². The summed E-state index contributed by atoms with van der Waals surface area (Å²) in [6.45, 7) is 6.06. The van der Waals surface area contributed by atoms with E-state index in [1.807, 2.05) is 38.1 Å². The molecule has 0 spiro atoms. The van der Waals surface area contributed by atoms with Crippen LogP contribution in [0.4, 0.5) is 5.69 Å². The zero-order valence-corrected chi connectivity index (χ0v) is 16.2. The van der Waals surface area contributed by atoms with E-state index in [1.165, 1.54) is 11.8 Å². The number of aromatic nitrogens is 1. The van der Waals surface area contributed by atoms with Crippen LogP contribution in [-0.2, 0) is 4.79 Å². The smallest absolute Gasteiger partial charge is 0.234 e. The van der Waals surface area contributed by atoms with Gasteiger partial charge in [0, 0.05) is 5.39 Å². The molecule has 1 N–H and O–H groups in total. The lowest BCUT2D eigenvalue weighted by atomic mass is 10.1. The number of carbonyl (C=O) groups excluding carboxylic acids is 1. The van der Waals surface area contributed by atoms with Crippen LogP contribution in [0.3, 0.4) is 0 Å². The van der Waals surface area contributed by atoms with Gasteiger partial charge in [0.2, 0.25) is 5.91 Å². The van der Waals surface area contributed by atoms with Crippen LogP contribution in [0.2, 0.25) is 0 Å². The number of carbonyl (C=O) groups is 1. The van der Waals surface area contributed by atoms with E-state index >= 15 is 0 Å². The maximum atomic E-state index is 12.4. The van der Waals surface area contributed by atoms with Crippen LogP contribution in [0.25, 0.3) is 10.9 Å². The highest BCUT2D eigenvalue weighted by molar-refractivity contribution is 8.00. The van der Waals surface area contributed by atoms with Gasteiger partial charge in [-0.2, -0.15) is 0 Å². The van der Waals surface area contributed by atoms with Crippen LogP contribution >= 0.6 is 11.8 Å². The Kier molecular flexibility index (Phi) is 5.47. The van der Waals surface area contributed by atoms with E-state index in [2.05, 4.69) is 30.4 Å². The van der Waals surface area contributed by atoms with Gasteiger partial charge in [-0.1, -0.05) is 36.0 Å². The maximum absolute atomic E-state index is 12.4. The third-order valence-corrected chi connectivity index (χ3v) is 5.25. The Hall–Kier alpha value is -2.53. The number of hydrogen-bond donors (Lipinski definition) is 1. The summed E-state index contributed by atoms with van der Waals surface area (Å²) in [7, 11) is 1.60. The predicted molar refractivity (Wildman–Crippen MR) is 108 cm³/mol. The summed E-state index contributed by atoms with van der Waals surface area (Å²) in [4.78, 5) is 17.2. The van der Waals surface area contributed by atoms with Crippen molar-refractivity contribution in [1.82, 2.24) is 4.98 Å². The summed E-state index contributed by atoms with van der Waals surface area (Å²) in [5.74, 6) is 0.872. The second kappa shape index (κ2) is 7.79. The molecule has 26 heavy (non-hydrogen) atoms. The zero-order valence-electron chi connectivity index (χ0n) is 15.4. The minimum Gasteiger partial charge on any atom is -0.495 e. The van der Waals surface area contributed by atoms with Gasteiger partial charge in [-0.25, -0.2) is 4.98 Å². The van der Waals surface area contributed by atoms with E-state index in [0.29, 0.717) is 17.2 Å². The van der Waals surface area contributed by atoms with Crippen molar-refractivity contribution in [3.05, 3.63) is 59.2 Å². The van der Waals surface area contributed by atoms with Gasteiger partial charge >= 0.3 is 0 Å². The van der Waals surface area contributed by atoms with E-state index < -0.39 is 0 Å². The third kappa shape index (κ3) is 3.99. The highest BCUT2D eigenvalue weighted by Gasteiger charge is 2.11. The Morgan fingerprint density at radius 2 is 1.92 bits per heavy atom. The maximum Gasteiger partial charge on any atom is 0.234 e. The van der Waals surface area contributed by atoms with Crippen LogP contribution in [0, 0.1) is 20.8 Å². The first-order valence-electron chi connectivity index (χ1n) is 8.42. The number of para-hydroxylation sites is 1. The molecule has 0 aliphatic heterocycles. The largest absolute Gasteiger partial charge is 0.495 e. The van der Waals surface area contributed by atoms with Crippen molar-refractivity contribution < 1.29 is 9.53 Å². The van der Waals surface area contributed by atoms with Crippen LogP contribution in [0.5, 0.6) is 5.75 Å². The van der Waals surface area contributed by atoms with Gasteiger partial charge in [0.05, 0.1) is 24.1 Å². The van der Waals surface area contributed by atoms with Crippen molar-refractivity contribution in [2.24, 2.45) is 0 Å². The summed E-state index contributed by atoms with van der Waals surface area (Å²) >= 11 is 1.45. The van der Waals surface area contributed by atoms with Gasteiger partial charge in [-0.15, -0.1) is 0 Å². The number of nitrogens with zero attached hydrogens (tertiary/aromatic N) is 1. The first kappa shape index (κ1) is 18.3. The topological polar surface area (TPSA) is 51.2 Å². The quantitative estimate of drug-likeness (QED) is 0.653. The molecular formula is C21H22N2O2S. The normalized spacial score (nSPS) is 10.8. The molecule has 0 atom stereocenters. The molecule has 0 aliphatic carbocycles. The van der Waals surface area contributed by atoms with E-state index in [9.17, 15) is 4.79 Å². The number of methoxy groups -OCH3 is 1.